The molecule has 1 rings (SSSR count). The molecule has 1 heterocycles. The Hall–Kier alpha value is -1.65. The van der Waals surface area contributed by atoms with Crippen LogP contribution in [0.5, 0.6) is 0 Å². The fourth-order valence-electron chi connectivity index (χ4n) is 0.859. The van der Waals surface area contributed by atoms with Crippen LogP contribution in [-0.4, -0.2) is 41.4 Å². The van der Waals surface area contributed by atoms with Gasteiger partial charge in [0.15, 0.2) is 12.1 Å². The number of aryl methyl sites for hydroxylation is 1. The molecule has 0 N–H and O–H groups in total. The molecule has 0 bridgehead atoms. The highest BCUT2D eigenvalue weighted by molar-refractivity contribution is 5.82. The van der Waals surface area contributed by atoms with Crippen molar-refractivity contribution in [2.24, 2.45) is 12.0 Å². The van der Waals surface area contributed by atoms with Gasteiger partial charge in [-0.2, -0.15) is 5.10 Å². The molecule has 0 aromatic carbocycles. The monoisotopic (exact) mass is 180 g/mol. The molecule has 0 saturated carbocycles. The first-order chi connectivity index (χ1) is 6.15. The first-order valence-electron chi connectivity index (χ1n) is 3.83. The second-order valence-electron chi connectivity index (χ2n) is 2.87. The van der Waals surface area contributed by atoms with Crippen molar-refractivity contribution < 1.29 is 4.79 Å². The average molecular weight is 180 g/mol. The third kappa shape index (κ3) is 2.14. The fraction of sp³-hybridized carbons (Fsp3) is 0.375. The van der Waals surface area contributed by atoms with Gasteiger partial charge < -0.3 is 4.90 Å². The van der Waals surface area contributed by atoms with Crippen LogP contribution < -0.4 is 0 Å². The number of rotatable bonds is 3. The Kier molecular flexibility index (Phi) is 2.79. The van der Waals surface area contributed by atoms with Gasteiger partial charge in [-0.1, -0.05) is 0 Å². The summed E-state index contributed by atoms with van der Waals surface area (Å²) in [4.78, 5) is 16.4. The number of nitrogens with zero attached hydrogens (tertiary/aromatic N) is 4. The molecule has 1 aromatic heterocycles. The molecule has 0 fully saturated rings. The van der Waals surface area contributed by atoms with Gasteiger partial charge in [0.25, 0.3) is 0 Å². The lowest BCUT2D eigenvalue weighted by Gasteiger charge is -2.02. The smallest absolute Gasteiger partial charge is 0.162 e. The fourth-order valence-corrected chi connectivity index (χ4v) is 0.859. The molecule has 0 aliphatic heterocycles. The van der Waals surface area contributed by atoms with Gasteiger partial charge in [0, 0.05) is 21.1 Å². The summed E-state index contributed by atoms with van der Waals surface area (Å²) in [7, 11) is 5.47. The maximum atomic E-state index is 10.5. The van der Waals surface area contributed by atoms with Crippen molar-refractivity contribution in [3.05, 3.63) is 11.8 Å². The van der Waals surface area contributed by atoms with Crippen LogP contribution >= 0.6 is 0 Å². The van der Waals surface area contributed by atoms with Crippen LogP contribution in [0.15, 0.2) is 11.2 Å². The molecule has 70 valence electrons. The predicted octanol–water partition coefficient (Wildman–Crippen LogP) is 0.454. The number of hydrogen-bond acceptors (Lipinski definition) is 3. The Morgan fingerprint density at radius 1 is 1.62 bits per heavy atom. The van der Waals surface area contributed by atoms with Gasteiger partial charge in [-0.3, -0.25) is 9.48 Å². The number of aromatic nitrogens is 2. The summed E-state index contributed by atoms with van der Waals surface area (Å²) in [6, 6.07) is 0. The molecular weight excluding hydrogens is 168 g/mol. The van der Waals surface area contributed by atoms with Gasteiger partial charge in [0.1, 0.15) is 0 Å². The number of carbonyl (C=O) groups is 1. The lowest BCUT2D eigenvalue weighted by atomic mass is 10.4. The summed E-state index contributed by atoms with van der Waals surface area (Å²) in [6.45, 7) is 0. The number of aliphatic imine (C=N–C) groups is 1. The van der Waals surface area contributed by atoms with Crippen LogP contribution in [0.25, 0.3) is 0 Å². The van der Waals surface area contributed by atoms with E-state index in [1.54, 1.807) is 23.0 Å². The highest BCUT2D eigenvalue weighted by Gasteiger charge is 2.04. The molecule has 1 aromatic rings. The third-order valence-electron chi connectivity index (χ3n) is 1.47. The predicted molar refractivity (Wildman–Crippen MR) is 50.4 cm³/mol. The van der Waals surface area contributed by atoms with E-state index in [1.807, 2.05) is 14.1 Å². The molecule has 0 saturated heterocycles. The summed E-state index contributed by atoms with van der Waals surface area (Å²) >= 11 is 0. The summed E-state index contributed by atoms with van der Waals surface area (Å²) in [6.07, 6.45) is 3.87. The van der Waals surface area contributed by atoms with Crippen LogP contribution in [0.3, 0.4) is 0 Å². The Labute approximate surface area is 76.7 Å². The Morgan fingerprint density at radius 2 is 2.31 bits per heavy atom. The molecule has 0 aliphatic rings. The third-order valence-corrected chi connectivity index (χ3v) is 1.47. The van der Waals surface area contributed by atoms with E-state index in [9.17, 15) is 4.79 Å². The van der Waals surface area contributed by atoms with Crippen molar-refractivity contribution in [1.29, 1.82) is 0 Å². The van der Waals surface area contributed by atoms with E-state index >= 15 is 0 Å². The molecule has 0 amide bonds. The molecule has 0 spiro atoms. The highest BCUT2D eigenvalue weighted by Crippen LogP contribution is 2.14. The van der Waals surface area contributed by atoms with Crippen molar-refractivity contribution >= 4 is 18.4 Å². The van der Waals surface area contributed by atoms with E-state index in [1.165, 1.54) is 6.20 Å². The van der Waals surface area contributed by atoms with Crippen LogP contribution in [-0.2, 0) is 7.05 Å². The first-order valence-corrected chi connectivity index (χ1v) is 3.83. The number of aldehydes is 1. The topological polar surface area (TPSA) is 50.5 Å². The minimum atomic E-state index is 0.501. The Bertz CT molecular complexity index is 327. The molecule has 5 nitrogen and oxygen atoms in total. The second kappa shape index (κ2) is 3.84. The van der Waals surface area contributed by atoms with E-state index < -0.39 is 0 Å². The van der Waals surface area contributed by atoms with Gasteiger partial charge in [-0.25, -0.2) is 4.99 Å². The van der Waals surface area contributed by atoms with Gasteiger partial charge in [-0.05, 0) is 0 Å². The number of carbonyl (C=O) groups excluding carboxylic acids is 1. The van der Waals surface area contributed by atoms with Gasteiger partial charge in [0.05, 0.1) is 18.1 Å². The lowest BCUT2D eigenvalue weighted by Crippen LogP contribution is -2.07. The molecular formula is C8H12N4O. The SMILES string of the molecule is CN(C)C=Nc1c(C=O)cnn1C. The molecule has 0 aliphatic carbocycles. The van der Waals surface area contributed by atoms with Gasteiger partial charge in [0.2, 0.25) is 0 Å². The molecule has 0 atom stereocenters. The van der Waals surface area contributed by atoms with Gasteiger partial charge in [-0.15, -0.1) is 0 Å². The quantitative estimate of drug-likeness (QED) is 0.385. The van der Waals surface area contributed by atoms with Crippen LogP contribution in [0.1, 0.15) is 10.4 Å². The second-order valence-corrected chi connectivity index (χ2v) is 2.87. The van der Waals surface area contributed by atoms with E-state index in [0.29, 0.717) is 11.4 Å². The van der Waals surface area contributed by atoms with Crippen LogP contribution in [0.4, 0.5) is 5.82 Å². The van der Waals surface area contributed by atoms with Crippen molar-refractivity contribution in [3.8, 4) is 0 Å². The van der Waals surface area contributed by atoms with E-state index in [-0.39, 0.29) is 0 Å². The van der Waals surface area contributed by atoms with Crippen molar-refractivity contribution in [3.63, 3.8) is 0 Å². The van der Waals surface area contributed by atoms with Crippen molar-refractivity contribution in [2.45, 2.75) is 0 Å². The maximum Gasteiger partial charge on any atom is 0.162 e. The van der Waals surface area contributed by atoms with E-state index in [0.717, 1.165) is 6.29 Å². The zero-order valence-corrected chi connectivity index (χ0v) is 7.93. The largest absolute Gasteiger partial charge is 0.369 e. The van der Waals surface area contributed by atoms with Crippen LogP contribution in [0.2, 0.25) is 0 Å². The lowest BCUT2D eigenvalue weighted by molar-refractivity contribution is 0.112. The first kappa shape index (κ1) is 9.44. The Balaban J connectivity index is 2.98. The highest BCUT2D eigenvalue weighted by atomic mass is 16.1. The van der Waals surface area contributed by atoms with Crippen molar-refractivity contribution in [1.82, 2.24) is 14.7 Å². The van der Waals surface area contributed by atoms with Crippen molar-refractivity contribution in [2.75, 3.05) is 14.1 Å². The summed E-state index contributed by atoms with van der Waals surface area (Å²) in [5.74, 6) is 0.573. The summed E-state index contributed by atoms with van der Waals surface area (Å²) < 4.78 is 1.56. The van der Waals surface area contributed by atoms with E-state index in [2.05, 4.69) is 10.1 Å². The average Bonchev–Trinajstić information content (AvgIpc) is 2.43. The summed E-state index contributed by atoms with van der Waals surface area (Å²) in [5, 5.41) is 3.92. The standard InChI is InChI=1S/C8H12N4O/c1-11(2)6-9-8-7(5-13)4-10-12(8)3/h4-6H,1-3H3. The normalized spacial score (nSPS) is 10.7. The summed E-state index contributed by atoms with van der Waals surface area (Å²) in [5.41, 5.74) is 0.501. The van der Waals surface area contributed by atoms with E-state index in [4.69, 9.17) is 0 Å². The minimum absolute atomic E-state index is 0.501. The number of hydrogen-bond donors (Lipinski definition) is 0. The molecule has 5 heteroatoms. The Morgan fingerprint density at radius 3 is 2.85 bits per heavy atom. The maximum absolute atomic E-state index is 10.5. The minimum Gasteiger partial charge on any atom is -0.369 e. The van der Waals surface area contributed by atoms with Crippen LogP contribution in [0, 0.1) is 0 Å². The molecule has 13 heavy (non-hydrogen) atoms. The molecule has 0 unspecified atom stereocenters. The van der Waals surface area contributed by atoms with Gasteiger partial charge >= 0.3 is 0 Å². The zero-order chi connectivity index (χ0) is 9.84. The zero-order valence-electron chi connectivity index (χ0n) is 7.93. The molecule has 0 radical (unpaired) electrons.